The van der Waals surface area contributed by atoms with Crippen LogP contribution in [0.3, 0.4) is 0 Å². The molecule has 166 valence electrons. The molecule has 0 aliphatic carbocycles. The maximum absolute atomic E-state index is 12.9. The van der Waals surface area contributed by atoms with Gasteiger partial charge in [0, 0.05) is 29.2 Å². The summed E-state index contributed by atoms with van der Waals surface area (Å²) in [5, 5.41) is 12.6. The van der Waals surface area contributed by atoms with Crippen LogP contribution in [0.4, 0.5) is 0 Å². The number of carbonyl (C=O) groups is 1. The van der Waals surface area contributed by atoms with Gasteiger partial charge in [-0.05, 0) is 66.9 Å². The molecule has 2 aromatic carbocycles. The Labute approximate surface area is 191 Å². The molecule has 2 N–H and O–H groups in total. The average molecular weight is 440 g/mol. The number of rotatable bonds is 7. The van der Waals surface area contributed by atoms with Crippen molar-refractivity contribution in [1.82, 2.24) is 24.9 Å². The Morgan fingerprint density at radius 2 is 1.85 bits per heavy atom. The van der Waals surface area contributed by atoms with Crippen LogP contribution < -0.4 is 10.1 Å². The second-order valence-electron chi connectivity index (χ2n) is 8.03. The molecule has 7 nitrogen and oxygen atoms in total. The number of carbonyl (C=O) groups excluding carboxylic acids is 1. The van der Waals surface area contributed by atoms with Gasteiger partial charge in [0.1, 0.15) is 5.75 Å². The van der Waals surface area contributed by atoms with Gasteiger partial charge in [0.2, 0.25) is 5.91 Å². The molecule has 0 spiro atoms. The standard InChI is InChI=1S/C26H25N5O2/c1-17(26-30-29-23-9-5-6-16-31(23)26)27-24(32)15-14-21-20-7-3-4-8-22(20)28-25(21)18-10-12-19(33-2)13-11-18/h3-13,16-17,28H,14-15H2,1-2H3,(H,27,32). The van der Waals surface area contributed by atoms with E-state index in [4.69, 9.17) is 4.74 Å². The third kappa shape index (κ3) is 4.05. The molecule has 0 bridgehead atoms. The van der Waals surface area contributed by atoms with Crippen LogP contribution in [-0.2, 0) is 11.2 Å². The summed E-state index contributed by atoms with van der Waals surface area (Å²) in [5.74, 6) is 1.50. The number of methoxy groups -OCH3 is 1. The van der Waals surface area contributed by atoms with Crippen LogP contribution in [0.15, 0.2) is 72.9 Å². The van der Waals surface area contributed by atoms with Crippen molar-refractivity contribution in [2.75, 3.05) is 7.11 Å². The summed E-state index contributed by atoms with van der Waals surface area (Å²) in [6, 6.07) is 21.6. The van der Waals surface area contributed by atoms with Crippen LogP contribution >= 0.6 is 0 Å². The first-order valence-electron chi connectivity index (χ1n) is 11.0. The number of aromatic nitrogens is 4. The molecule has 0 aliphatic heterocycles. The lowest BCUT2D eigenvalue weighted by Gasteiger charge is -2.13. The van der Waals surface area contributed by atoms with Crippen LogP contribution in [0.2, 0.25) is 0 Å². The number of amides is 1. The SMILES string of the molecule is COc1ccc(-c2[nH]c3ccccc3c2CCC(=O)NC(C)c2nnc3ccccn23)cc1. The zero-order valence-electron chi connectivity index (χ0n) is 18.6. The largest absolute Gasteiger partial charge is 0.497 e. The van der Waals surface area contributed by atoms with Crippen LogP contribution in [0, 0.1) is 0 Å². The summed E-state index contributed by atoms with van der Waals surface area (Å²) in [6.07, 6.45) is 2.89. The van der Waals surface area contributed by atoms with Gasteiger partial charge in [0.05, 0.1) is 13.2 Å². The third-order valence-electron chi connectivity index (χ3n) is 5.90. The number of nitrogens with one attached hydrogen (secondary N) is 2. The van der Waals surface area contributed by atoms with Crippen molar-refractivity contribution in [3.63, 3.8) is 0 Å². The minimum absolute atomic E-state index is 0.0267. The highest BCUT2D eigenvalue weighted by Crippen LogP contribution is 2.32. The zero-order valence-corrected chi connectivity index (χ0v) is 18.6. The minimum Gasteiger partial charge on any atom is -0.497 e. The lowest BCUT2D eigenvalue weighted by atomic mass is 10.0. The number of para-hydroxylation sites is 1. The molecule has 0 fully saturated rings. The fourth-order valence-corrected chi connectivity index (χ4v) is 4.24. The van der Waals surface area contributed by atoms with Gasteiger partial charge in [-0.3, -0.25) is 9.20 Å². The van der Waals surface area contributed by atoms with Gasteiger partial charge < -0.3 is 15.0 Å². The van der Waals surface area contributed by atoms with Gasteiger partial charge in [0.25, 0.3) is 0 Å². The molecule has 5 aromatic rings. The molecule has 3 heterocycles. The zero-order chi connectivity index (χ0) is 22.8. The Kier molecular flexibility index (Phi) is 5.52. The second kappa shape index (κ2) is 8.78. The molecule has 0 saturated carbocycles. The van der Waals surface area contributed by atoms with E-state index in [9.17, 15) is 4.79 Å². The van der Waals surface area contributed by atoms with Crippen LogP contribution in [0.5, 0.6) is 5.75 Å². The number of hydrogen-bond donors (Lipinski definition) is 2. The lowest BCUT2D eigenvalue weighted by molar-refractivity contribution is -0.121. The molecule has 5 rings (SSSR count). The summed E-state index contributed by atoms with van der Waals surface area (Å²) in [5.41, 5.74) is 5.04. The Bertz CT molecular complexity index is 1420. The smallest absolute Gasteiger partial charge is 0.220 e. The van der Waals surface area contributed by atoms with E-state index in [1.165, 1.54) is 0 Å². The van der Waals surface area contributed by atoms with Gasteiger partial charge in [-0.1, -0.05) is 24.3 Å². The molecule has 0 radical (unpaired) electrons. The number of nitrogens with zero attached hydrogens (tertiary/aromatic N) is 3. The topological polar surface area (TPSA) is 84.3 Å². The fraction of sp³-hybridized carbons (Fsp3) is 0.192. The quantitative estimate of drug-likeness (QED) is 0.385. The van der Waals surface area contributed by atoms with E-state index in [1.54, 1.807) is 7.11 Å². The number of H-pyrrole nitrogens is 1. The molecule has 1 atom stereocenters. The van der Waals surface area contributed by atoms with E-state index in [1.807, 2.05) is 72.1 Å². The van der Waals surface area contributed by atoms with E-state index in [-0.39, 0.29) is 11.9 Å². The fourth-order valence-electron chi connectivity index (χ4n) is 4.24. The molecule has 0 saturated heterocycles. The number of benzene rings is 2. The van der Waals surface area contributed by atoms with E-state index in [2.05, 4.69) is 32.6 Å². The molecule has 0 aliphatic rings. The minimum atomic E-state index is -0.251. The highest BCUT2D eigenvalue weighted by Gasteiger charge is 2.18. The van der Waals surface area contributed by atoms with Crippen LogP contribution in [0.25, 0.3) is 27.8 Å². The van der Waals surface area contributed by atoms with Crippen molar-refractivity contribution in [2.24, 2.45) is 0 Å². The molecular formula is C26H25N5O2. The molecule has 1 amide bonds. The first-order chi connectivity index (χ1) is 16.1. The monoisotopic (exact) mass is 439 g/mol. The summed E-state index contributed by atoms with van der Waals surface area (Å²) in [6.45, 7) is 1.93. The van der Waals surface area contributed by atoms with Gasteiger partial charge in [-0.2, -0.15) is 0 Å². The number of fused-ring (bicyclic) bond motifs is 2. The van der Waals surface area contributed by atoms with Crippen molar-refractivity contribution in [1.29, 1.82) is 0 Å². The highest BCUT2D eigenvalue weighted by atomic mass is 16.5. The van der Waals surface area contributed by atoms with Crippen molar-refractivity contribution < 1.29 is 9.53 Å². The number of aryl methyl sites for hydroxylation is 1. The molecule has 1 unspecified atom stereocenters. The Morgan fingerprint density at radius 3 is 2.67 bits per heavy atom. The Balaban J connectivity index is 1.36. The van der Waals surface area contributed by atoms with Gasteiger partial charge in [-0.15, -0.1) is 10.2 Å². The van der Waals surface area contributed by atoms with E-state index in [0.29, 0.717) is 18.7 Å². The van der Waals surface area contributed by atoms with E-state index in [0.717, 1.165) is 39.1 Å². The van der Waals surface area contributed by atoms with E-state index >= 15 is 0 Å². The molecule has 33 heavy (non-hydrogen) atoms. The number of ether oxygens (including phenoxy) is 1. The Hall–Kier alpha value is -4.13. The number of hydrogen-bond acceptors (Lipinski definition) is 4. The maximum Gasteiger partial charge on any atom is 0.220 e. The second-order valence-corrected chi connectivity index (χ2v) is 8.03. The maximum atomic E-state index is 12.9. The highest BCUT2D eigenvalue weighted by molar-refractivity contribution is 5.91. The van der Waals surface area contributed by atoms with Gasteiger partial charge in [0.15, 0.2) is 11.5 Å². The molecule has 3 aromatic heterocycles. The summed E-state index contributed by atoms with van der Waals surface area (Å²) >= 11 is 0. The van der Waals surface area contributed by atoms with Crippen molar-refractivity contribution >= 4 is 22.5 Å². The Morgan fingerprint density at radius 1 is 1.06 bits per heavy atom. The average Bonchev–Trinajstić information content (AvgIpc) is 3.44. The predicted octanol–water partition coefficient (Wildman–Crippen LogP) is 4.70. The third-order valence-corrected chi connectivity index (χ3v) is 5.90. The van der Waals surface area contributed by atoms with Gasteiger partial charge in [-0.25, -0.2) is 0 Å². The summed E-state index contributed by atoms with van der Waals surface area (Å²) in [7, 11) is 1.66. The van der Waals surface area contributed by atoms with Crippen molar-refractivity contribution in [3.8, 4) is 17.0 Å². The van der Waals surface area contributed by atoms with Crippen molar-refractivity contribution in [3.05, 3.63) is 84.3 Å². The normalized spacial score (nSPS) is 12.2. The summed E-state index contributed by atoms with van der Waals surface area (Å²) < 4.78 is 7.19. The first kappa shape index (κ1) is 20.8. The predicted molar refractivity (Wildman–Crippen MR) is 128 cm³/mol. The van der Waals surface area contributed by atoms with Crippen molar-refractivity contribution in [2.45, 2.75) is 25.8 Å². The van der Waals surface area contributed by atoms with Crippen LogP contribution in [0.1, 0.15) is 30.8 Å². The number of pyridine rings is 1. The lowest BCUT2D eigenvalue weighted by Crippen LogP contribution is -2.28. The van der Waals surface area contributed by atoms with E-state index < -0.39 is 0 Å². The van der Waals surface area contributed by atoms with Gasteiger partial charge >= 0.3 is 0 Å². The molecule has 7 heteroatoms. The van der Waals surface area contributed by atoms with Crippen LogP contribution in [-0.4, -0.2) is 32.6 Å². The molecular weight excluding hydrogens is 414 g/mol. The first-order valence-corrected chi connectivity index (χ1v) is 11.0. The number of aromatic amines is 1. The summed E-state index contributed by atoms with van der Waals surface area (Å²) in [4.78, 5) is 16.4.